The van der Waals surface area contributed by atoms with Gasteiger partial charge in [-0.3, -0.25) is 19.4 Å². The lowest BCUT2D eigenvalue weighted by molar-refractivity contribution is -0.143. The van der Waals surface area contributed by atoms with Crippen molar-refractivity contribution in [3.63, 3.8) is 0 Å². The topological polar surface area (TPSA) is 264 Å². The Hall–Kier alpha value is -3.72. The Morgan fingerprint density at radius 1 is 1.09 bits per heavy atom. The fraction of sp³-hybridized carbons (Fsp3) is 0.556. The lowest BCUT2D eigenvalue weighted by atomic mass is 10.1. The number of H-pyrrole nitrogens is 1. The summed E-state index contributed by atoms with van der Waals surface area (Å²) in [4.78, 5) is 59.3. The SMILES string of the molecule is CC(N)C(=O)NC(Cc1cnc[nH]1)C(=O)NC(CCCN=C(N)N)C(=O)NC(CO)C(=O)O. The second-order valence-electron chi connectivity index (χ2n) is 7.22. The highest BCUT2D eigenvalue weighted by molar-refractivity contribution is 5.94. The van der Waals surface area contributed by atoms with Crippen LogP contribution in [0, 0.1) is 0 Å². The number of aromatic nitrogens is 2. The van der Waals surface area contributed by atoms with Crippen LogP contribution in [-0.2, 0) is 25.6 Å². The Balaban J connectivity index is 3.00. The molecular formula is C18H31N9O6. The number of carboxylic acids is 1. The highest BCUT2D eigenvalue weighted by Gasteiger charge is 2.30. The molecule has 0 fully saturated rings. The Labute approximate surface area is 189 Å². The average molecular weight is 470 g/mol. The highest BCUT2D eigenvalue weighted by atomic mass is 16.4. The van der Waals surface area contributed by atoms with Crippen molar-refractivity contribution in [2.24, 2.45) is 22.2 Å². The van der Waals surface area contributed by atoms with Crippen LogP contribution in [0.15, 0.2) is 17.5 Å². The van der Waals surface area contributed by atoms with E-state index in [9.17, 15) is 24.3 Å². The third-order valence-corrected chi connectivity index (χ3v) is 4.40. The van der Waals surface area contributed by atoms with Crippen molar-refractivity contribution in [2.45, 2.75) is 50.4 Å². The molecular weight excluding hydrogens is 438 g/mol. The number of aliphatic carboxylic acids is 1. The van der Waals surface area contributed by atoms with Gasteiger partial charge in [0.15, 0.2) is 5.96 Å². The summed E-state index contributed by atoms with van der Waals surface area (Å²) in [6.07, 6.45) is 3.21. The van der Waals surface area contributed by atoms with Gasteiger partial charge in [0.25, 0.3) is 0 Å². The molecule has 0 aromatic carbocycles. The third kappa shape index (κ3) is 9.96. The molecule has 1 aromatic rings. The summed E-state index contributed by atoms with van der Waals surface area (Å²) in [5.74, 6) is -3.73. The summed E-state index contributed by atoms with van der Waals surface area (Å²) in [7, 11) is 0. The van der Waals surface area contributed by atoms with E-state index in [-0.39, 0.29) is 31.8 Å². The number of hydrogen-bond acceptors (Lipinski definition) is 8. The zero-order chi connectivity index (χ0) is 25.0. The van der Waals surface area contributed by atoms with Crippen LogP contribution >= 0.6 is 0 Å². The number of guanidine groups is 1. The molecule has 1 rings (SSSR count). The zero-order valence-electron chi connectivity index (χ0n) is 18.2. The molecule has 0 aliphatic carbocycles. The van der Waals surface area contributed by atoms with Crippen molar-refractivity contribution in [3.8, 4) is 0 Å². The minimum absolute atomic E-state index is 0.0288. The number of aliphatic hydroxyl groups excluding tert-OH is 1. The summed E-state index contributed by atoms with van der Waals surface area (Å²) in [5, 5.41) is 25.4. The number of nitrogens with zero attached hydrogens (tertiary/aromatic N) is 2. The molecule has 1 aromatic heterocycles. The molecule has 12 N–H and O–H groups in total. The quantitative estimate of drug-likeness (QED) is 0.0721. The van der Waals surface area contributed by atoms with E-state index >= 15 is 0 Å². The Kier molecular flexibility index (Phi) is 11.3. The van der Waals surface area contributed by atoms with E-state index in [1.165, 1.54) is 19.4 Å². The van der Waals surface area contributed by atoms with E-state index in [0.717, 1.165) is 0 Å². The molecule has 0 aliphatic rings. The third-order valence-electron chi connectivity index (χ3n) is 4.40. The summed E-state index contributed by atoms with van der Waals surface area (Å²) in [6.45, 7) is 0.757. The number of imidazole rings is 1. The van der Waals surface area contributed by atoms with Gasteiger partial charge in [-0.1, -0.05) is 0 Å². The fourth-order valence-electron chi connectivity index (χ4n) is 2.63. The minimum Gasteiger partial charge on any atom is -0.480 e. The van der Waals surface area contributed by atoms with E-state index in [2.05, 4.69) is 30.9 Å². The molecule has 4 unspecified atom stereocenters. The molecule has 33 heavy (non-hydrogen) atoms. The summed E-state index contributed by atoms with van der Waals surface area (Å²) in [6, 6.07) is -4.75. The normalized spacial score (nSPS) is 14.3. The first-order chi connectivity index (χ1) is 15.5. The van der Waals surface area contributed by atoms with E-state index < -0.39 is 54.5 Å². The molecule has 15 heteroatoms. The first-order valence-corrected chi connectivity index (χ1v) is 10.1. The smallest absolute Gasteiger partial charge is 0.328 e. The van der Waals surface area contributed by atoms with Crippen molar-refractivity contribution >= 4 is 29.7 Å². The number of carbonyl (C=O) groups excluding carboxylic acids is 3. The lowest BCUT2D eigenvalue weighted by Gasteiger charge is -2.24. The predicted molar refractivity (Wildman–Crippen MR) is 116 cm³/mol. The number of aliphatic imine (C=N–C) groups is 1. The lowest BCUT2D eigenvalue weighted by Crippen LogP contribution is -2.57. The Morgan fingerprint density at radius 2 is 1.70 bits per heavy atom. The van der Waals surface area contributed by atoms with Gasteiger partial charge in [0.05, 0.1) is 19.0 Å². The van der Waals surface area contributed by atoms with Crippen LogP contribution in [0.2, 0.25) is 0 Å². The van der Waals surface area contributed by atoms with Crippen LogP contribution in [-0.4, -0.2) is 87.2 Å². The van der Waals surface area contributed by atoms with Crippen LogP contribution in [0.4, 0.5) is 0 Å². The number of nitrogens with two attached hydrogens (primary N) is 3. The fourth-order valence-corrected chi connectivity index (χ4v) is 2.63. The largest absolute Gasteiger partial charge is 0.480 e. The van der Waals surface area contributed by atoms with Crippen LogP contribution < -0.4 is 33.2 Å². The van der Waals surface area contributed by atoms with Crippen molar-refractivity contribution < 1.29 is 29.4 Å². The van der Waals surface area contributed by atoms with Gasteiger partial charge in [-0.25, -0.2) is 9.78 Å². The maximum absolute atomic E-state index is 13.0. The van der Waals surface area contributed by atoms with Crippen molar-refractivity contribution in [1.82, 2.24) is 25.9 Å². The molecule has 3 amide bonds. The Bertz CT molecular complexity index is 823. The van der Waals surface area contributed by atoms with Gasteiger partial charge < -0.3 is 48.3 Å². The van der Waals surface area contributed by atoms with Gasteiger partial charge in [0.1, 0.15) is 18.1 Å². The van der Waals surface area contributed by atoms with Crippen LogP contribution in [0.25, 0.3) is 0 Å². The van der Waals surface area contributed by atoms with Crippen molar-refractivity contribution in [1.29, 1.82) is 0 Å². The molecule has 184 valence electrons. The van der Waals surface area contributed by atoms with Gasteiger partial charge in [-0.15, -0.1) is 0 Å². The molecule has 0 saturated carbocycles. The number of aliphatic hydroxyl groups is 1. The molecule has 1 heterocycles. The number of carbonyl (C=O) groups is 4. The molecule has 0 bridgehead atoms. The molecule has 4 atom stereocenters. The van der Waals surface area contributed by atoms with Crippen LogP contribution in [0.1, 0.15) is 25.5 Å². The maximum Gasteiger partial charge on any atom is 0.328 e. The molecule has 0 aliphatic heterocycles. The summed E-state index contributed by atoms with van der Waals surface area (Å²) < 4.78 is 0. The molecule has 0 spiro atoms. The summed E-state index contributed by atoms with van der Waals surface area (Å²) >= 11 is 0. The number of carboxylic acid groups (broad SMARTS) is 1. The minimum atomic E-state index is -1.56. The van der Waals surface area contributed by atoms with E-state index in [1.54, 1.807) is 0 Å². The van der Waals surface area contributed by atoms with E-state index in [0.29, 0.717) is 5.69 Å². The number of hydrogen-bond donors (Lipinski definition) is 9. The van der Waals surface area contributed by atoms with Crippen LogP contribution in [0.5, 0.6) is 0 Å². The number of amides is 3. The number of nitrogens with one attached hydrogen (secondary N) is 4. The molecule has 15 nitrogen and oxygen atoms in total. The van der Waals surface area contributed by atoms with Gasteiger partial charge >= 0.3 is 5.97 Å². The Morgan fingerprint density at radius 3 is 2.21 bits per heavy atom. The van der Waals surface area contributed by atoms with Gasteiger partial charge in [-0.05, 0) is 19.8 Å². The average Bonchev–Trinajstić information content (AvgIpc) is 3.25. The predicted octanol–water partition coefficient (Wildman–Crippen LogP) is -4.12. The van der Waals surface area contributed by atoms with E-state index in [1.807, 2.05) is 0 Å². The van der Waals surface area contributed by atoms with Crippen molar-refractivity contribution in [3.05, 3.63) is 18.2 Å². The molecule has 0 radical (unpaired) electrons. The van der Waals surface area contributed by atoms with Gasteiger partial charge in [-0.2, -0.15) is 0 Å². The van der Waals surface area contributed by atoms with Crippen LogP contribution in [0.3, 0.4) is 0 Å². The number of aromatic amines is 1. The molecule has 0 saturated heterocycles. The first-order valence-electron chi connectivity index (χ1n) is 10.1. The van der Waals surface area contributed by atoms with Gasteiger partial charge in [0, 0.05) is 24.9 Å². The maximum atomic E-state index is 13.0. The van der Waals surface area contributed by atoms with E-state index in [4.69, 9.17) is 22.3 Å². The van der Waals surface area contributed by atoms with Crippen molar-refractivity contribution in [2.75, 3.05) is 13.2 Å². The summed E-state index contributed by atoms with van der Waals surface area (Å²) in [5.41, 5.74) is 16.7. The zero-order valence-corrected chi connectivity index (χ0v) is 18.2. The monoisotopic (exact) mass is 469 g/mol. The van der Waals surface area contributed by atoms with Gasteiger partial charge in [0.2, 0.25) is 17.7 Å². The standard InChI is InChI=1S/C18H31N9O6/c1-9(19)14(29)26-12(5-10-6-22-8-24-10)16(31)25-11(3-2-4-23-18(20)21)15(30)27-13(7-28)17(32)33/h6,8-9,11-13,28H,2-5,7,19H2,1H3,(H,22,24)(H,25,31)(H,26,29)(H,27,30)(H,32,33)(H4,20,21,23). The first kappa shape index (κ1) is 27.3. The second-order valence-corrected chi connectivity index (χ2v) is 7.22. The highest BCUT2D eigenvalue weighted by Crippen LogP contribution is 2.04. The number of rotatable bonds is 14. The second kappa shape index (κ2) is 13.6.